The van der Waals surface area contributed by atoms with Gasteiger partial charge in [-0.3, -0.25) is 4.90 Å². The molecule has 1 aliphatic heterocycles. The first-order valence-corrected chi connectivity index (χ1v) is 7.23. The molecule has 0 spiro atoms. The van der Waals surface area contributed by atoms with E-state index < -0.39 is 0 Å². The summed E-state index contributed by atoms with van der Waals surface area (Å²) in [6.07, 6.45) is 1.16. The van der Waals surface area contributed by atoms with E-state index >= 15 is 0 Å². The summed E-state index contributed by atoms with van der Waals surface area (Å²) in [5.41, 5.74) is 7.09. The van der Waals surface area contributed by atoms with Gasteiger partial charge in [0.25, 0.3) is 0 Å². The van der Waals surface area contributed by atoms with Crippen LogP contribution in [0.3, 0.4) is 0 Å². The molecule has 1 aliphatic rings. The number of rotatable bonds is 3. The number of hydrogen-bond acceptors (Lipinski definition) is 2. The lowest BCUT2D eigenvalue weighted by molar-refractivity contribution is 0.242. The Balaban J connectivity index is 2.37. The van der Waals surface area contributed by atoms with Crippen molar-refractivity contribution in [1.82, 2.24) is 4.90 Å². The molecule has 0 aromatic heterocycles. The maximum atomic E-state index is 6.33. The average Bonchev–Trinajstić information content (AvgIpc) is 2.74. The van der Waals surface area contributed by atoms with Crippen molar-refractivity contribution in [3.8, 4) is 0 Å². The largest absolute Gasteiger partial charge is 0.330 e. The quantitative estimate of drug-likeness (QED) is 0.925. The van der Waals surface area contributed by atoms with Gasteiger partial charge in [-0.25, -0.2) is 0 Å². The average molecular weight is 318 g/mol. The fourth-order valence-electron chi connectivity index (χ4n) is 2.72. The molecule has 1 aromatic carbocycles. The van der Waals surface area contributed by atoms with Crippen molar-refractivity contribution in [2.75, 3.05) is 19.6 Å². The molecule has 0 bridgehead atoms. The number of hydrogen-bond donors (Lipinski definition) is 1. The minimum Gasteiger partial charge on any atom is -0.330 e. The number of nitrogens with two attached hydrogens (primary N) is 1. The topological polar surface area (TPSA) is 29.3 Å². The summed E-state index contributed by atoms with van der Waals surface area (Å²) in [6.45, 7) is 5.08. The smallest absolute Gasteiger partial charge is 0.0454 e. The molecule has 0 amide bonds. The van der Waals surface area contributed by atoms with Gasteiger partial charge < -0.3 is 5.73 Å². The van der Waals surface area contributed by atoms with Crippen molar-refractivity contribution in [3.05, 3.63) is 33.3 Å². The van der Waals surface area contributed by atoms with Crippen LogP contribution < -0.4 is 5.73 Å². The van der Waals surface area contributed by atoms with Gasteiger partial charge in [0.05, 0.1) is 0 Å². The molecule has 1 aromatic rings. The van der Waals surface area contributed by atoms with Crippen LogP contribution in [0.25, 0.3) is 0 Å². The van der Waals surface area contributed by atoms with Gasteiger partial charge in [0.1, 0.15) is 0 Å². The van der Waals surface area contributed by atoms with Crippen molar-refractivity contribution >= 4 is 27.5 Å². The molecule has 1 saturated heterocycles. The summed E-state index contributed by atoms with van der Waals surface area (Å²) in [6, 6.07) is 6.44. The summed E-state index contributed by atoms with van der Waals surface area (Å²) in [7, 11) is 0. The molecule has 2 unspecified atom stereocenters. The van der Waals surface area contributed by atoms with E-state index in [2.05, 4.69) is 33.8 Å². The van der Waals surface area contributed by atoms with E-state index in [1.807, 2.05) is 12.1 Å². The molecule has 2 atom stereocenters. The normalized spacial score (nSPS) is 25.4. The summed E-state index contributed by atoms with van der Waals surface area (Å²) in [4.78, 5) is 2.46. The second-order valence-electron chi connectivity index (χ2n) is 4.52. The molecule has 1 fully saturated rings. The zero-order valence-corrected chi connectivity index (χ0v) is 12.3. The molecular formula is C13H18BrClN2. The molecule has 0 radical (unpaired) electrons. The van der Waals surface area contributed by atoms with E-state index in [1.165, 1.54) is 5.56 Å². The molecule has 17 heavy (non-hydrogen) atoms. The third-order valence-corrected chi connectivity index (χ3v) is 4.45. The lowest BCUT2D eigenvalue weighted by Gasteiger charge is -2.28. The van der Waals surface area contributed by atoms with Gasteiger partial charge in [0.15, 0.2) is 0 Å². The molecule has 2 rings (SSSR count). The summed E-state index contributed by atoms with van der Waals surface area (Å²) in [5.74, 6) is 0.516. The summed E-state index contributed by atoms with van der Waals surface area (Å²) >= 11 is 9.85. The number of benzene rings is 1. The van der Waals surface area contributed by atoms with Crippen molar-refractivity contribution in [2.45, 2.75) is 19.4 Å². The van der Waals surface area contributed by atoms with Crippen LogP contribution in [0.15, 0.2) is 22.7 Å². The van der Waals surface area contributed by atoms with Crippen LogP contribution in [0.2, 0.25) is 5.02 Å². The van der Waals surface area contributed by atoms with Crippen molar-refractivity contribution < 1.29 is 0 Å². The minimum absolute atomic E-state index is 0.370. The van der Waals surface area contributed by atoms with E-state index in [0.717, 1.165) is 35.6 Å². The van der Waals surface area contributed by atoms with Crippen LogP contribution in [0.1, 0.15) is 24.9 Å². The highest BCUT2D eigenvalue weighted by atomic mass is 79.9. The second-order valence-corrected chi connectivity index (χ2v) is 5.85. The maximum Gasteiger partial charge on any atom is 0.0454 e. The molecule has 2 nitrogen and oxygen atoms in total. The Hall–Kier alpha value is -0.0900. The first-order valence-electron chi connectivity index (χ1n) is 6.06. The molecule has 1 heterocycles. The molecule has 0 aliphatic carbocycles. The molecule has 2 N–H and O–H groups in total. The molecule has 94 valence electrons. The van der Waals surface area contributed by atoms with Crippen LogP contribution in [-0.2, 0) is 0 Å². The van der Waals surface area contributed by atoms with Crippen molar-refractivity contribution in [3.63, 3.8) is 0 Å². The number of nitrogens with zero attached hydrogens (tertiary/aromatic N) is 1. The van der Waals surface area contributed by atoms with E-state index in [9.17, 15) is 0 Å². The Kier molecular flexibility index (Phi) is 4.47. The van der Waals surface area contributed by atoms with Gasteiger partial charge in [-0.1, -0.05) is 34.5 Å². The van der Waals surface area contributed by atoms with Gasteiger partial charge in [0, 0.05) is 15.5 Å². The monoisotopic (exact) mass is 316 g/mol. The number of likely N-dealkylation sites (tertiary alicyclic amines) is 1. The zero-order valence-electron chi connectivity index (χ0n) is 10.00. The molecule has 0 saturated carbocycles. The fraction of sp³-hybridized carbons (Fsp3) is 0.538. The van der Waals surface area contributed by atoms with Crippen LogP contribution >= 0.6 is 27.5 Å². The first-order chi connectivity index (χ1) is 8.17. The van der Waals surface area contributed by atoms with Crippen molar-refractivity contribution in [1.29, 1.82) is 0 Å². The Bertz CT molecular complexity index is 385. The minimum atomic E-state index is 0.370. The standard InChI is InChI=1S/C13H18BrClN2/c1-2-17-6-5-9(8-16)13(17)11-7-10(14)3-4-12(11)15/h3-4,7,9,13H,2,5-6,8,16H2,1H3. The van der Waals surface area contributed by atoms with Gasteiger partial charge in [-0.15, -0.1) is 0 Å². The Morgan fingerprint density at radius 1 is 1.53 bits per heavy atom. The predicted molar refractivity (Wildman–Crippen MR) is 76.3 cm³/mol. The summed E-state index contributed by atoms with van der Waals surface area (Å²) in [5, 5.41) is 0.844. The first kappa shape index (κ1) is 13.3. The van der Waals surface area contributed by atoms with Gasteiger partial charge in [-0.05, 0) is 55.7 Å². The Morgan fingerprint density at radius 2 is 2.29 bits per heavy atom. The van der Waals surface area contributed by atoms with Crippen molar-refractivity contribution in [2.24, 2.45) is 11.7 Å². The maximum absolute atomic E-state index is 6.33. The lowest BCUT2D eigenvalue weighted by atomic mass is 9.94. The SMILES string of the molecule is CCN1CCC(CN)C1c1cc(Br)ccc1Cl. The second kappa shape index (κ2) is 5.70. The number of halogens is 2. The molecular weight excluding hydrogens is 300 g/mol. The predicted octanol–water partition coefficient (Wildman–Crippen LogP) is 3.44. The van der Waals surface area contributed by atoms with Crippen LogP contribution in [0.5, 0.6) is 0 Å². The van der Waals surface area contributed by atoms with E-state index in [-0.39, 0.29) is 0 Å². The van der Waals surface area contributed by atoms with Gasteiger partial charge in [0.2, 0.25) is 0 Å². The highest BCUT2D eigenvalue weighted by Crippen LogP contribution is 2.40. The van der Waals surface area contributed by atoms with Gasteiger partial charge >= 0.3 is 0 Å². The van der Waals surface area contributed by atoms with E-state index in [4.69, 9.17) is 17.3 Å². The Morgan fingerprint density at radius 3 is 2.94 bits per heavy atom. The highest BCUT2D eigenvalue weighted by Gasteiger charge is 2.34. The van der Waals surface area contributed by atoms with Gasteiger partial charge in [-0.2, -0.15) is 0 Å². The van der Waals surface area contributed by atoms with Crippen LogP contribution in [0, 0.1) is 5.92 Å². The van der Waals surface area contributed by atoms with E-state index in [0.29, 0.717) is 12.0 Å². The third kappa shape index (κ3) is 2.68. The van der Waals surface area contributed by atoms with Crippen LogP contribution in [-0.4, -0.2) is 24.5 Å². The zero-order chi connectivity index (χ0) is 12.4. The highest BCUT2D eigenvalue weighted by molar-refractivity contribution is 9.10. The van der Waals surface area contributed by atoms with Crippen LogP contribution in [0.4, 0.5) is 0 Å². The fourth-order valence-corrected chi connectivity index (χ4v) is 3.33. The Labute approximate surface area is 116 Å². The van der Waals surface area contributed by atoms with E-state index in [1.54, 1.807) is 0 Å². The summed E-state index contributed by atoms with van der Waals surface area (Å²) < 4.78 is 1.08. The molecule has 4 heteroatoms. The lowest BCUT2D eigenvalue weighted by Crippen LogP contribution is -2.28. The third-order valence-electron chi connectivity index (χ3n) is 3.61.